The minimum absolute atomic E-state index is 0.0660. The Kier molecular flexibility index (Phi) is 11.4. The first kappa shape index (κ1) is 36.9. The van der Waals surface area contributed by atoms with Gasteiger partial charge in [-0.05, 0) is 61.4 Å². The monoisotopic (exact) mass is 724 g/mol. The lowest BCUT2D eigenvalue weighted by atomic mass is 10.0. The highest BCUT2D eigenvalue weighted by Gasteiger charge is 2.25. The summed E-state index contributed by atoms with van der Waals surface area (Å²) in [6, 6.07) is 26.7. The third kappa shape index (κ3) is 9.46. The molecule has 1 heterocycles. The molecule has 0 saturated carbocycles. The van der Waals surface area contributed by atoms with Crippen molar-refractivity contribution in [3.63, 3.8) is 0 Å². The van der Waals surface area contributed by atoms with E-state index in [0.29, 0.717) is 11.3 Å². The summed E-state index contributed by atoms with van der Waals surface area (Å²) in [7, 11) is -8.12. The van der Waals surface area contributed by atoms with Crippen molar-refractivity contribution in [2.45, 2.75) is 31.2 Å². The summed E-state index contributed by atoms with van der Waals surface area (Å²) < 4.78 is 57.9. The number of ketones is 1. The van der Waals surface area contributed by atoms with Gasteiger partial charge in [-0.25, -0.2) is 8.42 Å². The van der Waals surface area contributed by atoms with Crippen LogP contribution in [0.2, 0.25) is 0 Å². The van der Waals surface area contributed by atoms with E-state index in [1.54, 1.807) is 23.1 Å². The molecule has 10 nitrogen and oxygen atoms in total. The number of benzene rings is 4. The van der Waals surface area contributed by atoms with Crippen LogP contribution >= 0.6 is 0 Å². The second kappa shape index (κ2) is 15.7. The molecule has 5 rings (SSSR count). The first-order valence-corrected chi connectivity index (χ1v) is 19.3. The van der Waals surface area contributed by atoms with Crippen LogP contribution in [0, 0.1) is 18.8 Å². The van der Waals surface area contributed by atoms with Crippen LogP contribution in [0.4, 0.5) is 5.69 Å². The molecule has 51 heavy (non-hydrogen) atoms. The lowest BCUT2D eigenvalue weighted by molar-refractivity contribution is -0.119. The molecule has 262 valence electrons. The van der Waals surface area contributed by atoms with Crippen LogP contribution in [0.5, 0.6) is 0 Å². The standard InChI is InChI=1S/C39H36N2O8S2/c1-28-12-20-35(21-13-28)50(45,46)27-29(2)38(43)32-16-18-33(19-17-32)39(44)40(23-7-25-51(47,48)49)24-22-37(42)41-26-34-10-4-3-8-30(34)14-15-31-9-5-6-11-36(31)41/h3-6,8-13,16-21H,2,7,22-27H2,1H3,(H,47,48,49). The van der Waals surface area contributed by atoms with E-state index in [1.165, 1.54) is 41.3 Å². The summed E-state index contributed by atoms with van der Waals surface area (Å²) in [5.41, 5.74) is 3.99. The van der Waals surface area contributed by atoms with E-state index in [1.807, 2.05) is 49.4 Å². The summed E-state index contributed by atoms with van der Waals surface area (Å²) in [5, 5.41) is 0. The van der Waals surface area contributed by atoms with Crippen molar-refractivity contribution in [1.29, 1.82) is 0 Å². The topological polar surface area (TPSA) is 146 Å². The zero-order chi connectivity index (χ0) is 36.8. The Morgan fingerprint density at radius 2 is 1.41 bits per heavy atom. The average molecular weight is 725 g/mol. The molecule has 0 aromatic heterocycles. The number of Topliss-reactive ketones (excluding diaryl/α,β-unsaturated/α-hetero) is 1. The number of anilines is 1. The lowest BCUT2D eigenvalue weighted by Crippen LogP contribution is -2.38. The van der Waals surface area contributed by atoms with E-state index in [4.69, 9.17) is 0 Å². The Morgan fingerprint density at radius 3 is 2.10 bits per heavy atom. The number of para-hydroxylation sites is 1. The lowest BCUT2D eigenvalue weighted by Gasteiger charge is -2.28. The van der Waals surface area contributed by atoms with Crippen LogP contribution in [0.15, 0.2) is 114 Å². The number of carbonyl (C=O) groups is 3. The number of rotatable bonds is 13. The van der Waals surface area contributed by atoms with E-state index in [9.17, 15) is 35.8 Å². The molecule has 1 aliphatic rings. The van der Waals surface area contributed by atoms with E-state index < -0.39 is 43.2 Å². The van der Waals surface area contributed by atoms with Crippen LogP contribution in [0.25, 0.3) is 0 Å². The molecule has 4 aromatic rings. The molecule has 0 unspecified atom stereocenters. The minimum atomic E-state index is -4.30. The van der Waals surface area contributed by atoms with Gasteiger partial charge in [-0.15, -0.1) is 0 Å². The van der Waals surface area contributed by atoms with Crippen molar-refractivity contribution >= 4 is 43.2 Å². The molecular formula is C39H36N2O8S2. The summed E-state index contributed by atoms with van der Waals surface area (Å²) in [4.78, 5) is 43.7. The van der Waals surface area contributed by atoms with Crippen LogP contribution in [-0.4, -0.2) is 68.5 Å². The van der Waals surface area contributed by atoms with Gasteiger partial charge in [0.15, 0.2) is 15.6 Å². The van der Waals surface area contributed by atoms with Gasteiger partial charge in [0.05, 0.1) is 28.6 Å². The van der Waals surface area contributed by atoms with Gasteiger partial charge in [-0.3, -0.25) is 18.9 Å². The fourth-order valence-corrected chi connectivity index (χ4v) is 7.40. The normalized spacial score (nSPS) is 12.3. The molecule has 12 heteroatoms. The maximum Gasteiger partial charge on any atom is 0.264 e. The quantitative estimate of drug-likeness (QED) is 0.0851. The molecule has 0 atom stereocenters. The van der Waals surface area contributed by atoms with Gasteiger partial charge in [-0.2, -0.15) is 8.42 Å². The van der Waals surface area contributed by atoms with E-state index in [0.717, 1.165) is 16.7 Å². The number of sulfone groups is 1. The number of fused-ring (bicyclic) bond motifs is 2. The molecule has 0 radical (unpaired) electrons. The van der Waals surface area contributed by atoms with Gasteiger partial charge in [0, 0.05) is 47.3 Å². The first-order chi connectivity index (χ1) is 24.2. The largest absolute Gasteiger partial charge is 0.338 e. The van der Waals surface area contributed by atoms with Crippen molar-refractivity contribution in [1.82, 2.24) is 4.90 Å². The third-order valence-corrected chi connectivity index (χ3v) is 10.9. The fourth-order valence-electron chi connectivity index (χ4n) is 5.60. The predicted molar refractivity (Wildman–Crippen MR) is 195 cm³/mol. The molecular weight excluding hydrogens is 689 g/mol. The van der Waals surface area contributed by atoms with Crippen LogP contribution < -0.4 is 4.90 Å². The highest BCUT2D eigenvalue weighted by Crippen LogP contribution is 2.26. The SMILES string of the molecule is C=C(CS(=O)(=O)c1ccc(C)cc1)C(=O)c1ccc(C(=O)N(CCCS(=O)(=O)O)CCC(=O)N2Cc3ccccc3C#Cc3ccccc32)cc1. The molecule has 4 aromatic carbocycles. The Labute approximate surface area is 298 Å². The smallest absolute Gasteiger partial charge is 0.264 e. The van der Waals surface area contributed by atoms with Gasteiger partial charge in [0.2, 0.25) is 5.91 Å². The number of carbonyl (C=O) groups excluding carboxylic acids is 3. The molecule has 1 N–H and O–H groups in total. The highest BCUT2D eigenvalue weighted by molar-refractivity contribution is 7.91. The van der Waals surface area contributed by atoms with E-state index in [-0.39, 0.29) is 60.0 Å². The van der Waals surface area contributed by atoms with Crippen LogP contribution in [0.3, 0.4) is 0 Å². The first-order valence-electron chi connectivity index (χ1n) is 16.1. The minimum Gasteiger partial charge on any atom is -0.338 e. The van der Waals surface area contributed by atoms with Crippen LogP contribution in [-0.2, 0) is 31.3 Å². The molecule has 0 aliphatic carbocycles. The van der Waals surface area contributed by atoms with Gasteiger partial charge >= 0.3 is 0 Å². The highest BCUT2D eigenvalue weighted by atomic mass is 32.2. The number of hydrogen-bond acceptors (Lipinski definition) is 7. The summed E-state index contributed by atoms with van der Waals surface area (Å²) in [5.74, 6) is 3.75. The van der Waals surface area contributed by atoms with Gasteiger partial charge < -0.3 is 9.80 Å². The number of amides is 2. The van der Waals surface area contributed by atoms with Gasteiger partial charge in [0.25, 0.3) is 16.0 Å². The summed E-state index contributed by atoms with van der Waals surface area (Å²) in [6.45, 7) is 5.64. The predicted octanol–water partition coefficient (Wildman–Crippen LogP) is 5.26. The maximum atomic E-state index is 13.8. The van der Waals surface area contributed by atoms with Crippen molar-refractivity contribution in [3.8, 4) is 11.8 Å². The Morgan fingerprint density at radius 1 is 0.804 bits per heavy atom. The zero-order valence-corrected chi connectivity index (χ0v) is 29.5. The molecule has 0 saturated heterocycles. The molecule has 1 aliphatic heterocycles. The molecule has 0 spiro atoms. The van der Waals surface area contributed by atoms with Crippen LogP contribution in [0.1, 0.15) is 55.8 Å². The second-order valence-corrected chi connectivity index (χ2v) is 15.7. The van der Waals surface area contributed by atoms with Crippen molar-refractivity contribution in [2.24, 2.45) is 0 Å². The van der Waals surface area contributed by atoms with E-state index >= 15 is 0 Å². The number of aryl methyl sites for hydroxylation is 1. The Balaban J connectivity index is 1.31. The average Bonchev–Trinajstić information content (AvgIpc) is 3.09. The van der Waals surface area contributed by atoms with E-state index in [2.05, 4.69) is 18.4 Å². The van der Waals surface area contributed by atoms with Crippen molar-refractivity contribution in [2.75, 3.05) is 29.5 Å². The molecule has 0 fully saturated rings. The van der Waals surface area contributed by atoms with Gasteiger partial charge in [-0.1, -0.05) is 78.6 Å². The van der Waals surface area contributed by atoms with Crippen molar-refractivity contribution in [3.05, 3.63) is 143 Å². The Bertz CT molecular complexity index is 2270. The maximum absolute atomic E-state index is 13.8. The fraction of sp³-hybridized carbons (Fsp3) is 0.205. The third-order valence-electron chi connectivity index (χ3n) is 8.35. The molecule has 2 amide bonds. The second-order valence-electron chi connectivity index (χ2n) is 12.2. The number of hydrogen-bond donors (Lipinski definition) is 1. The summed E-state index contributed by atoms with van der Waals surface area (Å²) >= 11 is 0. The van der Waals surface area contributed by atoms with Gasteiger partial charge in [0.1, 0.15) is 0 Å². The Hall–Kier alpha value is -5.35. The van der Waals surface area contributed by atoms with Crippen molar-refractivity contribution < 1.29 is 35.8 Å². The molecule has 0 bridgehead atoms. The number of nitrogens with zero attached hydrogens (tertiary/aromatic N) is 2. The zero-order valence-electron chi connectivity index (χ0n) is 27.9. The summed E-state index contributed by atoms with van der Waals surface area (Å²) in [6.07, 6.45) is -0.187.